The number of hydrogen-bond donors (Lipinski definition) is 0. The van der Waals surface area contributed by atoms with E-state index in [2.05, 4.69) is 0 Å². The van der Waals surface area contributed by atoms with Gasteiger partial charge in [-0.15, -0.1) is 0 Å². The van der Waals surface area contributed by atoms with Gasteiger partial charge in [-0.05, 0) is 18.5 Å². The second-order valence-corrected chi connectivity index (χ2v) is 2.96. The number of fused-ring (bicyclic) bond motifs is 1. The van der Waals surface area contributed by atoms with E-state index in [1.165, 1.54) is 0 Å². The number of para-hydroxylation sites is 1. The van der Waals surface area contributed by atoms with Crippen molar-refractivity contribution < 1.29 is 11.3 Å². The van der Waals surface area contributed by atoms with Gasteiger partial charge in [0.15, 0.2) is 0 Å². The minimum atomic E-state index is -0.316. The first-order chi connectivity index (χ1) is 8.49. The summed E-state index contributed by atoms with van der Waals surface area (Å²) in [4.78, 5) is 0. The van der Waals surface area contributed by atoms with Crippen LogP contribution in [0.5, 0.6) is 0 Å². The van der Waals surface area contributed by atoms with Gasteiger partial charge in [0.05, 0.1) is 6.85 Å². The van der Waals surface area contributed by atoms with Crippen LogP contribution in [0.2, 0.25) is 0 Å². The van der Waals surface area contributed by atoms with Crippen LogP contribution in [0.15, 0.2) is 34.6 Å². The molecular formula is C12H14O. The van der Waals surface area contributed by atoms with E-state index in [0.717, 1.165) is 12.8 Å². The molecule has 0 amide bonds. The molecule has 0 aliphatic rings. The lowest BCUT2D eigenvalue weighted by Gasteiger charge is -1.90. The fourth-order valence-corrected chi connectivity index (χ4v) is 1.20. The Labute approximate surface area is 85.4 Å². The van der Waals surface area contributed by atoms with Gasteiger partial charge < -0.3 is 4.42 Å². The summed E-state index contributed by atoms with van der Waals surface area (Å²) >= 11 is 0. The van der Waals surface area contributed by atoms with Crippen molar-refractivity contribution in [3.63, 3.8) is 0 Å². The van der Waals surface area contributed by atoms with Crippen LogP contribution in [-0.4, -0.2) is 0 Å². The Hall–Kier alpha value is -1.24. The van der Waals surface area contributed by atoms with Crippen LogP contribution in [-0.2, 0) is 6.42 Å². The van der Waals surface area contributed by atoms with Crippen molar-refractivity contribution >= 4 is 11.0 Å². The molecule has 1 heterocycles. The maximum Gasteiger partial charge on any atom is 0.134 e. The molecular weight excluding hydrogens is 160 g/mol. The summed E-state index contributed by atoms with van der Waals surface area (Å²) in [6.45, 7) is 2.03. The number of rotatable bonds is 3. The molecule has 0 saturated carbocycles. The molecule has 0 radical (unpaired) electrons. The van der Waals surface area contributed by atoms with Gasteiger partial charge in [-0.1, -0.05) is 31.5 Å². The highest BCUT2D eigenvalue weighted by Gasteiger charge is 2.01. The number of furan rings is 1. The molecule has 1 nitrogen and oxygen atoms in total. The van der Waals surface area contributed by atoms with E-state index in [4.69, 9.17) is 11.3 Å². The minimum absolute atomic E-state index is 0.0884. The summed E-state index contributed by atoms with van der Waals surface area (Å²) in [6, 6.07) is -0.942. The summed E-state index contributed by atoms with van der Waals surface area (Å²) in [5.74, 6) is 0.443. The monoisotopic (exact) mass is 179 g/mol. The molecule has 0 N–H and O–H groups in total. The van der Waals surface area contributed by atoms with Crippen LogP contribution >= 0.6 is 0 Å². The predicted molar refractivity (Wildman–Crippen MR) is 54.8 cm³/mol. The lowest BCUT2D eigenvalue weighted by Crippen LogP contribution is -1.78. The summed E-state index contributed by atoms with van der Waals surface area (Å²) < 4.78 is 44.1. The molecule has 0 spiro atoms. The van der Waals surface area contributed by atoms with Gasteiger partial charge in [-0.3, -0.25) is 0 Å². The maximum atomic E-state index is 7.96. The molecule has 0 saturated heterocycles. The molecule has 0 aliphatic carbocycles. The molecule has 0 fully saturated rings. The standard InChI is InChI=1S/C12H14O/c1-2-3-7-11-9-10-6-4-5-8-12(10)13-11/h4-6,8-9H,2-3,7H2,1H3/i4D,5D,6D,8D,9D. The van der Waals surface area contributed by atoms with Crippen molar-refractivity contribution in [3.8, 4) is 0 Å². The fourth-order valence-electron chi connectivity index (χ4n) is 1.20. The first kappa shape index (κ1) is 4.32. The smallest absolute Gasteiger partial charge is 0.134 e. The van der Waals surface area contributed by atoms with Gasteiger partial charge in [-0.2, -0.15) is 0 Å². The molecule has 1 aromatic carbocycles. The van der Waals surface area contributed by atoms with Crippen molar-refractivity contribution in [1.82, 2.24) is 0 Å². The van der Waals surface area contributed by atoms with E-state index in [1.807, 2.05) is 6.92 Å². The van der Waals surface area contributed by atoms with Gasteiger partial charge in [0.2, 0.25) is 0 Å². The second-order valence-electron chi connectivity index (χ2n) is 2.96. The van der Waals surface area contributed by atoms with Gasteiger partial charge in [0.25, 0.3) is 0 Å². The summed E-state index contributed by atoms with van der Waals surface area (Å²) in [5, 5.41) is 0.187. The number of benzene rings is 1. The van der Waals surface area contributed by atoms with Crippen LogP contribution < -0.4 is 0 Å². The van der Waals surface area contributed by atoms with Crippen molar-refractivity contribution in [2.24, 2.45) is 0 Å². The number of hydrogen-bond acceptors (Lipinski definition) is 1. The minimum Gasteiger partial charge on any atom is -0.461 e. The van der Waals surface area contributed by atoms with Crippen LogP contribution in [0.25, 0.3) is 11.0 Å². The van der Waals surface area contributed by atoms with Crippen LogP contribution in [0.1, 0.15) is 32.4 Å². The normalized spacial score (nSPS) is 16.2. The second kappa shape index (κ2) is 3.65. The average molecular weight is 179 g/mol. The Balaban J connectivity index is 2.72. The van der Waals surface area contributed by atoms with E-state index in [9.17, 15) is 0 Å². The quantitative estimate of drug-likeness (QED) is 0.699. The van der Waals surface area contributed by atoms with E-state index < -0.39 is 0 Å². The summed E-state index contributed by atoms with van der Waals surface area (Å²) in [6.07, 6.45) is 2.42. The fraction of sp³-hybridized carbons (Fsp3) is 0.333. The average Bonchev–Trinajstić information content (AvgIpc) is 2.69. The van der Waals surface area contributed by atoms with Crippen molar-refractivity contribution in [1.29, 1.82) is 0 Å². The Morgan fingerprint density at radius 1 is 1.38 bits per heavy atom. The molecule has 68 valence electrons. The zero-order chi connectivity index (χ0) is 13.4. The molecule has 1 heteroatoms. The summed E-state index contributed by atoms with van der Waals surface area (Å²) in [5.41, 5.74) is 0.0945. The van der Waals surface area contributed by atoms with E-state index in [-0.39, 0.29) is 41.2 Å². The van der Waals surface area contributed by atoms with Gasteiger partial charge in [0, 0.05) is 11.8 Å². The van der Waals surface area contributed by atoms with E-state index >= 15 is 0 Å². The summed E-state index contributed by atoms with van der Waals surface area (Å²) in [7, 11) is 0. The largest absolute Gasteiger partial charge is 0.461 e. The molecule has 2 rings (SSSR count). The van der Waals surface area contributed by atoms with E-state index in [1.54, 1.807) is 0 Å². The highest BCUT2D eigenvalue weighted by molar-refractivity contribution is 5.77. The highest BCUT2D eigenvalue weighted by Crippen LogP contribution is 2.19. The Kier molecular flexibility index (Phi) is 1.21. The zero-order valence-electron chi connectivity index (χ0n) is 12.5. The molecule has 13 heavy (non-hydrogen) atoms. The lowest BCUT2D eigenvalue weighted by molar-refractivity contribution is 0.536. The lowest BCUT2D eigenvalue weighted by atomic mass is 10.2. The Bertz CT molecular complexity index is 603. The number of unbranched alkanes of at least 4 members (excludes halogenated alkanes) is 1. The molecule has 2 aromatic rings. The van der Waals surface area contributed by atoms with Gasteiger partial charge in [-0.25, -0.2) is 0 Å². The first-order valence-electron chi connectivity index (χ1n) is 6.97. The third-order valence-electron chi connectivity index (χ3n) is 1.90. The van der Waals surface area contributed by atoms with Crippen LogP contribution in [0.3, 0.4) is 0 Å². The molecule has 1 aromatic heterocycles. The topological polar surface area (TPSA) is 13.1 Å². The maximum absolute atomic E-state index is 7.96. The Morgan fingerprint density at radius 2 is 2.23 bits per heavy atom. The van der Waals surface area contributed by atoms with Crippen LogP contribution in [0.4, 0.5) is 0 Å². The van der Waals surface area contributed by atoms with Crippen molar-refractivity contribution in [2.45, 2.75) is 26.2 Å². The molecule has 0 aliphatic heterocycles. The van der Waals surface area contributed by atoms with E-state index in [0.29, 0.717) is 12.2 Å². The third-order valence-corrected chi connectivity index (χ3v) is 1.90. The van der Waals surface area contributed by atoms with Gasteiger partial charge in [0.1, 0.15) is 11.3 Å². The molecule has 0 unspecified atom stereocenters. The Morgan fingerprint density at radius 3 is 3.08 bits per heavy atom. The van der Waals surface area contributed by atoms with Crippen molar-refractivity contribution in [3.05, 3.63) is 36.0 Å². The molecule has 0 bridgehead atoms. The predicted octanol–water partition coefficient (Wildman–Crippen LogP) is 3.78. The SMILES string of the molecule is [2H]c1c([2H])c([2H])c2c([2H])c(CCCC)oc2c1[2H]. The van der Waals surface area contributed by atoms with Gasteiger partial charge >= 0.3 is 0 Å². The van der Waals surface area contributed by atoms with Crippen molar-refractivity contribution in [2.75, 3.05) is 0 Å². The third kappa shape index (κ3) is 1.74. The zero-order valence-corrected chi connectivity index (χ0v) is 7.53. The highest BCUT2D eigenvalue weighted by atomic mass is 16.3. The van der Waals surface area contributed by atoms with Crippen LogP contribution in [0, 0.1) is 0 Å². The number of aryl methyl sites for hydroxylation is 1. The molecule has 0 atom stereocenters. The first-order valence-corrected chi connectivity index (χ1v) is 4.47.